The first-order valence-corrected chi connectivity index (χ1v) is 11.2. The van der Waals surface area contributed by atoms with Crippen molar-refractivity contribution < 1.29 is 4.42 Å². The molecular formula is C24H25ClN6O. The van der Waals surface area contributed by atoms with Gasteiger partial charge in [0, 0.05) is 37.7 Å². The number of hydrogen-bond donors (Lipinski definition) is 0. The average molecular weight is 449 g/mol. The topological polar surface area (TPSA) is 63.2 Å². The number of tetrazole rings is 1. The molecule has 0 spiro atoms. The van der Waals surface area contributed by atoms with Crippen LogP contribution in [0.4, 0.5) is 0 Å². The summed E-state index contributed by atoms with van der Waals surface area (Å²) in [7, 11) is 0. The highest BCUT2D eigenvalue weighted by Crippen LogP contribution is 2.29. The Hall–Kier alpha value is -3.00. The molecule has 0 radical (unpaired) electrons. The van der Waals surface area contributed by atoms with Crippen LogP contribution in [-0.4, -0.2) is 56.2 Å². The van der Waals surface area contributed by atoms with Crippen molar-refractivity contribution in [2.45, 2.75) is 19.1 Å². The highest BCUT2D eigenvalue weighted by atomic mass is 35.5. The minimum atomic E-state index is -0.0592. The minimum Gasteiger partial charge on any atom is -0.467 e. The summed E-state index contributed by atoms with van der Waals surface area (Å²) in [5.41, 5.74) is 2.47. The molecule has 1 unspecified atom stereocenters. The number of hydrogen-bond acceptors (Lipinski definition) is 6. The second kappa shape index (κ2) is 9.65. The maximum Gasteiger partial charge on any atom is 0.173 e. The van der Waals surface area contributed by atoms with Gasteiger partial charge in [-0.1, -0.05) is 54.1 Å². The van der Waals surface area contributed by atoms with Crippen molar-refractivity contribution in [1.82, 2.24) is 30.0 Å². The van der Waals surface area contributed by atoms with Gasteiger partial charge in [0.2, 0.25) is 0 Å². The number of nitrogens with zero attached hydrogens (tertiary/aromatic N) is 6. The van der Waals surface area contributed by atoms with Gasteiger partial charge in [-0.15, -0.1) is 5.10 Å². The van der Waals surface area contributed by atoms with Gasteiger partial charge in [0.25, 0.3) is 0 Å². The van der Waals surface area contributed by atoms with Crippen molar-refractivity contribution in [3.63, 3.8) is 0 Å². The van der Waals surface area contributed by atoms with Crippen molar-refractivity contribution >= 4 is 11.6 Å². The van der Waals surface area contributed by atoms with Crippen LogP contribution in [0.3, 0.4) is 0 Å². The van der Waals surface area contributed by atoms with E-state index in [1.54, 1.807) is 6.26 Å². The van der Waals surface area contributed by atoms with Gasteiger partial charge in [-0.05, 0) is 45.8 Å². The van der Waals surface area contributed by atoms with Crippen molar-refractivity contribution in [3.05, 3.63) is 101 Å². The molecule has 2 aromatic carbocycles. The van der Waals surface area contributed by atoms with Crippen LogP contribution in [-0.2, 0) is 13.1 Å². The van der Waals surface area contributed by atoms with E-state index in [1.807, 2.05) is 28.9 Å². The van der Waals surface area contributed by atoms with E-state index in [9.17, 15) is 0 Å². The number of rotatable bonds is 7. The fourth-order valence-corrected chi connectivity index (χ4v) is 4.39. The third-order valence-corrected chi connectivity index (χ3v) is 6.15. The van der Waals surface area contributed by atoms with E-state index >= 15 is 0 Å². The lowest BCUT2D eigenvalue weighted by Gasteiger charge is -2.39. The van der Waals surface area contributed by atoms with Crippen molar-refractivity contribution in [2.75, 3.05) is 26.2 Å². The molecule has 0 N–H and O–H groups in total. The molecule has 32 heavy (non-hydrogen) atoms. The smallest absolute Gasteiger partial charge is 0.173 e. The summed E-state index contributed by atoms with van der Waals surface area (Å²) in [5.74, 6) is 1.63. The summed E-state index contributed by atoms with van der Waals surface area (Å²) < 4.78 is 7.35. The molecule has 5 rings (SSSR count). The summed E-state index contributed by atoms with van der Waals surface area (Å²) in [6, 6.07) is 22.4. The predicted octanol–water partition coefficient (Wildman–Crippen LogP) is 3.88. The third-order valence-electron chi connectivity index (χ3n) is 5.90. The second-order valence-electron chi connectivity index (χ2n) is 8.03. The molecule has 1 fully saturated rings. The fraction of sp³-hybridized carbons (Fsp3) is 0.292. The van der Waals surface area contributed by atoms with E-state index in [0.29, 0.717) is 6.54 Å². The normalized spacial score (nSPS) is 16.3. The zero-order valence-electron chi connectivity index (χ0n) is 17.7. The van der Waals surface area contributed by atoms with Crippen LogP contribution in [0.25, 0.3) is 0 Å². The van der Waals surface area contributed by atoms with Crippen LogP contribution < -0.4 is 0 Å². The Morgan fingerprint density at radius 3 is 2.38 bits per heavy atom. The molecule has 164 valence electrons. The van der Waals surface area contributed by atoms with Gasteiger partial charge in [-0.2, -0.15) is 0 Å². The maximum absolute atomic E-state index is 6.17. The second-order valence-corrected chi connectivity index (χ2v) is 8.46. The first-order chi connectivity index (χ1) is 15.8. The molecule has 0 saturated carbocycles. The van der Waals surface area contributed by atoms with Gasteiger partial charge in [0.05, 0.1) is 12.3 Å². The van der Waals surface area contributed by atoms with Gasteiger partial charge >= 0.3 is 0 Å². The standard InChI is InChI=1S/C24H25ClN6O/c25-21-10-8-20(9-11-21)23(24-26-27-28-31(24)18-22-7-4-16-32-22)30-14-12-29(13-15-30)17-19-5-2-1-3-6-19/h1-11,16,23H,12-15,17-18H2. The number of benzene rings is 2. The average Bonchev–Trinajstić information content (AvgIpc) is 3.50. The van der Waals surface area contributed by atoms with E-state index in [1.165, 1.54) is 5.56 Å². The lowest BCUT2D eigenvalue weighted by molar-refractivity contribution is 0.100. The van der Waals surface area contributed by atoms with Gasteiger partial charge in [0.15, 0.2) is 5.82 Å². The van der Waals surface area contributed by atoms with Gasteiger partial charge in [-0.25, -0.2) is 4.68 Å². The summed E-state index contributed by atoms with van der Waals surface area (Å²) in [6.45, 7) is 5.28. The van der Waals surface area contributed by atoms with Crippen LogP contribution >= 0.6 is 11.6 Å². The van der Waals surface area contributed by atoms with E-state index < -0.39 is 0 Å². The summed E-state index contributed by atoms with van der Waals surface area (Å²) in [6.07, 6.45) is 1.67. The van der Waals surface area contributed by atoms with Gasteiger partial charge < -0.3 is 4.42 Å². The predicted molar refractivity (Wildman–Crippen MR) is 122 cm³/mol. The number of aromatic nitrogens is 4. The molecule has 2 aromatic heterocycles. The summed E-state index contributed by atoms with van der Waals surface area (Å²) in [5, 5.41) is 13.4. The fourth-order valence-electron chi connectivity index (χ4n) is 4.26. The van der Waals surface area contributed by atoms with Gasteiger partial charge in [-0.3, -0.25) is 9.80 Å². The van der Waals surface area contributed by atoms with Crippen LogP contribution in [0, 0.1) is 0 Å². The van der Waals surface area contributed by atoms with Crippen molar-refractivity contribution in [2.24, 2.45) is 0 Å². The highest BCUT2D eigenvalue weighted by molar-refractivity contribution is 6.30. The van der Waals surface area contributed by atoms with Crippen LogP contribution in [0.15, 0.2) is 77.4 Å². The molecule has 0 aliphatic carbocycles. The van der Waals surface area contributed by atoms with Crippen molar-refractivity contribution in [3.8, 4) is 0 Å². The van der Waals surface area contributed by atoms with Crippen LogP contribution in [0.1, 0.15) is 28.8 Å². The Morgan fingerprint density at radius 2 is 1.66 bits per heavy atom. The van der Waals surface area contributed by atoms with Crippen molar-refractivity contribution in [1.29, 1.82) is 0 Å². The molecule has 0 amide bonds. The molecule has 3 heterocycles. The largest absolute Gasteiger partial charge is 0.467 e. The zero-order valence-corrected chi connectivity index (χ0v) is 18.5. The summed E-state index contributed by atoms with van der Waals surface area (Å²) >= 11 is 6.17. The molecule has 4 aromatic rings. The molecule has 7 nitrogen and oxygen atoms in total. The lowest BCUT2D eigenvalue weighted by Crippen LogP contribution is -2.48. The first-order valence-electron chi connectivity index (χ1n) is 10.8. The number of furan rings is 1. The minimum absolute atomic E-state index is 0.0592. The van der Waals surface area contributed by atoms with Gasteiger partial charge in [0.1, 0.15) is 12.3 Å². The lowest BCUT2D eigenvalue weighted by atomic mass is 10.0. The number of piperazine rings is 1. The molecule has 1 aliphatic heterocycles. The first kappa shape index (κ1) is 20.9. The highest BCUT2D eigenvalue weighted by Gasteiger charge is 2.30. The van der Waals surface area contributed by atoms with Crippen LogP contribution in [0.2, 0.25) is 5.02 Å². The Kier molecular flexibility index (Phi) is 6.29. The maximum atomic E-state index is 6.17. The summed E-state index contributed by atoms with van der Waals surface area (Å²) in [4.78, 5) is 4.95. The molecule has 8 heteroatoms. The molecule has 1 aliphatic rings. The Bertz CT molecular complexity index is 1110. The van der Waals surface area contributed by atoms with E-state index in [4.69, 9.17) is 16.0 Å². The zero-order chi connectivity index (χ0) is 21.8. The molecule has 1 atom stereocenters. The Morgan fingerprint density at radius 1 is 0.875 bits per heavy atom. The van der Waals surface area contributed by atoms with E-state index in [0.717, 1.165) is 54.9 Å². The SMILES string of the molecule is Clc1ccc(C(c2nnnn2Cc2ccco2)N2CCN(Cc3ccccc3)CC2)cc1. The molecule has 1 saturated heterocycles. The third kappa shape index (κ3) is 4.75. The van der Waals surface area contributed by atoms with Crippen LogP contribution in [0.5, 0.6) is 0 Å². The Balaban J connectivity index is 1.37. The number of halogens is 1. The van der Waals surface area contributed by atoms with E-state index in [2.05, 4.69) is 67.8 Å². The quantitative estimate of drug-likeness (QED) is 0.427. The Labute approximate surface area is 192 Å². The molecular weight excluding hydrogens is 424 g/mol. The van der Waals surface area contributed by atoms with E-state index in [-0.39, 0.29) is 6.04 Å². The monoisotopic (exact) mass is 448 g/mol. The molecule has 0 bridgehead atoms.